The van der Waals surface area contributed by atoms with Crippen molar-refractivity contribution in [3.63, 3.8) is 0 Å². The van der Waals surface area contributed by atoms with Crippen LogP contribution in [-0.4, -0.2) is 18.2 Å². The predicted molar refractivity (Wildman–Crippen MR) is 107 cm³/mol. The number of fused-ring (bicyclic) bond motifs is 3. The Labute approximate surface area is 147 Å². The van der Waals surface area contributed by atoms with Gasteiger partial charge < -0.3 is 11.0 Å². The molecule has 3 heteroatoms. The average molecular weight is 325 g/mol. The van der Waals surface area contributed by atoms with Gasteiger partial charge in [0.15, 0.2) is 7.28 Å². The van der Waals surface area contributed by atoms with Gasteiger partial charge in [0.05, 0.1) is 0 Å². The molecule has 4 N–H and O–H groups in total. The molecular formula is C22H18BO2. The summed E-state index contributed by atoms with van der Waals surface area (Å²) in [5, 5.41) is 2.72. The molecule has 121 valence electrons. The van der Waals surface area contributed by atoms with Gasteiger partial charge in [0.1, 0.15) is 0 Å². The predicted octanol–water partition coefficient (Wildman–Crippen LogP) is 2.49. The zero-order chi connectivity index (χ0) is 15.2. The van der Waals surface area contributed by atoms with E-state index >= 15 is 0 Å². The summed E-state index contributed by atoms with van der Waals surface area (Å²) in [5.41, 5.74) is 7.94. The van der Waals surface area contributed by atoms with Crippen molar-refractivity contribution < 1.29 is 11.0 Å². The first kappa shape index (κ1) is 17.0. The summed E-state index contributed by atoms with van der Waals surface area (Å²) in [6.45, 7) is 0. The van der Waals surface area contributed by atoms with Crippen LogP contribution in [0.1, 0.15) is 0 Å². The van der Waals surface area contributed by atoms with Crippen molar-refractivity contribution in [1.82, 2.24) is 0 Å². The van der Waals surface area contributed by atoms with Crippen molar-refractivity contribution in [1.29, 1.82) is 0 Å². The molecule has 0 aliphatic heterocycles. The lowest BCUT2D eigenvalue weighted by Crippen LogP contribution is -2.27. The minimum Gasteiger partial charge on any atom is -0.412 e. The molecule has 0 spiro atoms. The lowest BCUT2D eigenvalue weighted by atomic mass is 9.62. The number of hydrogen-bond acceptors (Lipinski definition) is 0. The zero-order valence-corrected chi connectivity index (χ0v) is 13.7. The maximum Gasteiger partial charge on any atom is 0.192 e. The minimum absolute atomic E-state index is 0. The molecule has 2 nitrogen and oxygen atoms in total. The second-order valence-corrected chi connectivity index (χ2v) is 6.03. The Hall–Kier alpha value is -2.88. The van der Waals surface area contributed by atoms with E-state index in [0.717, 1.165) is 0 Å². The van der Waals surface area contributed by atoms with E-state index in [1.165, 1.54) is 44.0 Å². The summed E-state index contributed by atoms with van der Waals surface area (Å²) in [6, 6.07) is 30.4. The van der Waals surface area contributed by atoms with E-state index in [1.807, 2.05) is 0 Å². The van der Waals surface area contributed by atoms with Gasteiger partial charge in [0, 0.05) is 0 Å². The van der Waals surface area contributed by atoms with Crippen LogP contribution in [0.2, 0.25) is 0 Å². The first-order valence-corrected chi connectivity index (χ1v) is 7.97. The zero-order valence-electron chi connectivity index (χ0n) is 13.7. The number of benzene rings is 4. The van der Waals surface area contributed by atoms with Crippen LogP contribution in [0.15, 0.2) is 84.9 Å². The van der Waals surface area contributed by atoms with Gasteiger partial charge in [-0.1, -0.05) is 95.9 Å². The van der Waals surface area contributed by atoms with Gasteiger partial charge in [-0.3, -0.25) is 0 Å². The van der Waals surface area contributed by atoms with Crippen molar-refractivity contribution in [3.8, 4) is 22.3 Å². The van der Waals surface area contributed by atoms with Gasteiger partial charge in [-0.15, -0.1) is 0 Å². The molecule has 0 aromatic heterocycles. The molecule has 25 heavy (non-hydrogen) atoms. The standard InChI is InChI=1S/C22H14B.2H2O/c1-2-7-15(8-3-1)23-21-14-13-19-17-10-5-4-9-16(17)18-11-6-12-20(21)22(18)19;;/h1-14H;2*1H2. The highest BCUT2D eigenvalue weighted by Crippen LogP contribution is 2.46. The third-order valence-electron chi connectivity index (χ3n) is 4.70. The summed E-state index contributed by atoms with van der Waals surface area (Å²) in [4.78, 5) is 0. The molecule has 5 rings (SSSR count). The molecule has 0 fully saturated rings. The summed E-state index contributed by atoms with van der Waals surface area (Å²) in [6.07, 6.45) is 0. The Morgan fingerprint density at radius 3 is 1.80 bits per heavy atom. The van der Waals surface area contributed by atoms with Crippen LogP contribution >= 0.6 is 0 Å². The first-order chi connectivity index (χ1) is 11.4. The summed E-state index contributed by atoms with van der Waals surface area (Å²) in [5.74, 6) is 0. The Bertz CT molecular complexity index is 1010. The summed E-state index contributed by atoms with van der Waals surface area (Å²) < 4.78 is 0. The molecule has 0 amide bonds. The molecule has 4 aromatic carbocycles. The molecule has 0 saturated carbocycles. The van der Waals surface area contributed by atoms with Gasteiger partial charge >= 0.3 is 0 Å². The van der Waals surface area contributed by atoms with E-state index in [1.54, 1.807) is 0 Å². The summed E-state index contributed by atoms with van der Waals surface area (Å²) in [7, 11) is 2.27. The largest absolute Gasteiger partial charge is 0.412 e. The van der Waals surface area contributed by atoms with Crippen molar-refractivity contribution in [2.24, 2.45) is 0 Å². The highest BCUT2D eigenvalue weighted by Gasteiger charge is 2.21. The van der Waals surface area contributed by atoms with Gasteiger partial charge in [-0.2, -0.15) is 0 Å². The quantitative estimate of drug-likeness (QED) is 0.448. The van der Waals surface area contributed by atoms with Crippen LogP contribution in [0.3, 0.4) is 0 Å². The summed E-state index contributed by atoms with van der Waals surface area (Å²) >= 11 is 0. The van der Waals surface area contributed by atoms with Crippen LogP contribution in [0.5, 0.6) is 0 Å². The monoisotopic (exact) mass is 325 g/mol. The Kier molecular flexibility index (Phi) is 4.45. The number of rotatable bonds is 2. The fourth-order valence-corrected chi connectivity index (χ4v) is 3.69. The third-order valence-corrected chi connectivity index (χ3v) is 4.70. The second kappa shape index (κ2) is 6.56. The molecule has 4 aromatic rings. The SMILES string of the molecule is O.O.[B](c1ccccc1)c1ccc2c3c(cccc13)-c1ccccc1-2. The highest BCUT2D eigenvalue weighted by atomic mass is 16.0. The molecule has 1 aliphatic carbocycles. The molecule has 0 bridgehead atoms. The van der Waals surface area contributed by atoms with E-state index in [0.29, 0.717) is 0 Å². The van der Waals surface area contributed by atoms with Crippen LogP contribution < -0.4 is 10.9 Å². The maximum absolute atomic E-state index is 2.27. The van der Waals surface area contributed by atoms with E-state index in [9.17, 15) is 0 Å². The van der Waals surface area contributed by atoms with Crippen molar-refractivity contribution in [3.05, 3.63) is 84.9 Å². The van der Waals surface area contributed by atoms with E-state index in [4.69, 9.17) is 0 Å². The Balaban J connectivity index is 0.000000911. The van der Waals surface area contributed by atoms with E-state index < -0.39 is 0 Å². The highest BCUT2D eigenvalue weighted by molar-refractivity contribution is 6.70. The smallest absolute Gasteiger partial charge is 0.192 e. The van der Waals surface area contributed by atoms with Gasteiger partial charge in [-0.25, -0.2) is 0 Å². The van der Waals surface area contributed by atoms with Crippen LogP contribution in [0, 0.1) is 0 Å². The molecule has 1 radical (unpaired) electrons. The Morgan fingerprint density at radius 1 is 0.480 bits per heavy atom. The van der Waals surface area contributed by atoms with Crippen molar-refractivity contribution >= 4 is 29.0 Å². The normalized spacial score (nSPS) is 10.6. The maximum atomic E-state index is 2.27. The van der Waals surface area contributed by atoms with Gasteiger partial charge in [-0.05, 0) is 33.0 Å². The van der Waals surface area contributed by atoms with Gasteiger partial charge in [0.2, 0.25) is 0 Å². The fourth-order valence-electron chi connectivity index (χ4n) is 3.69. The van der Waals surface area contributed by atoms with Crippen molar-refractivity contribution in [2.45, 2.75) is 0 Å². The molecule has 1 aliphatic rings. The molecule has 0 saturated heterocycles. The van der Waals surface area contributed by atoms with Crippen LogP contribution in [-0.2, 0) is 0 Å². The van der Waals surface area contributed by atoms with Crippen LogP contribution in [0.25, 0.3) is 33.0 Å². The lowest BCUT2D eigenvalue weighted by molar-refractivity contribution is 0.823. The van der Waals surface area contributed by atoms with E-state index in [-0.39, 0.29) is 11.0 Å². The average Bonchev–Trinajstić information content (AvgIpc) is 2.94. The molecular weight excluding hydrogens is 307 g/mol. The second-order valence-electron chi connectivity index (χ2n) is 6.03. The molecule has 0 atom stereocenters. The third kappa shape index (κ3) is 2.54. The molecule has 0 heterocycles. The van der Waals surface area contributed by atoms with Crippen LogP contribution in [0.4, 0.5) is 0 Å². The van der Waals surface area contributed by atoms with Gasteiger partial charge in [0.25, 0.3) is 0 Å². The fraction of sp³-hybridized carbons (Fsp3) is 0. The van der Waals surface area contributed by atoms with E-state index in [2.05, 4.69) is 92.2 Å². The Morgan fingerprint density at radius 2 is 1.08 bits per heavy atom. The topological polar surface area (TPSA) is 63.0 Å². The number of hydrogen-bond donors (Lipinski definition) is 0. The van der Waals surface area contributed by atoms with Crippen molar-refractivity contribution in [2.75, 3.05) is 0 Å². The molecule has 0 unspecified atom stereocenters. The minimum atomic E-state index is 0. The lowest BCUT2D eigenvalue weighted by Gasteiger charge is -2.09. The first-order valence-electron chi connectivity index (χ1n) is 7.97.